The van der Waals surface area contributed by atoms with Crippen LogP contribution in [0.4, 0.5) is 0 Å². The molecule has 0 saturated heterocycles. The van der Waals surface area contributed by atoms with Gasteiger partial charge in [-0.25, -0.2) is 4.79 Å². The number of hydrogen-bond acceptors (Lipinski definition) is 4. The van der Waals surface area contributed by atoms with E-state index in [0.717, 1.165) is 0 Å². The Bertz CT molecular complexity index is 307. The Balaban J connectivity index is 3.70. The normalized spacial score (nSPS) is 9.38. The van der Waals surface area contributed by atoms with Crippen molar-refractivity contribution in [2.75, 3.05) is 13.2 Å². The summed E-state index contributed by atoms with van der Waals surface area (Å²) in [5.41, 5.74) is 0. The Morgan fingerprint density at radius 2 is 1.88 bits per heavy atom. The summed E-state index contributed by atoms with van der Waals surface area (Å²) in [6.07, 6.45) is 3.35. The molecule has 0 aliphatic heterocycles. The van der Waals surface area contributed by atoms with E-state index in [0.29, 0.717) is 19.6 Å². The van der Waals surface area contributed by atoms with E-state index in [1.807, 2.05) is 0 Å². The van der Waals surface area contributed by atoms with E-state index in [-0.39, 0.29) is 12.4 Å². The second-order valence-electron chi connectivity index (χ2n) is 2.71. The molecule has 0 saturated carbocycles. The number of hydrogen-bond donors (Lipinski definition) is 0. The van der Waals surface area contributed by atoms with Crippen molar-refractivity contribution in [1.29, 1.82) is 0 Å². The van der Waals surface area contributed by atoms with Crippen molar-refractivity contribution in [2.24, 2.45) is 0 Å². The lowest BCUT2D eigenvalue weighted by Gasteiger charge is -1.96. The molecule has 0 aliphatic rings. The van der Waals surface area contributed by atoms with Gasteiger partial charge >= 0.3 is 11.9 Å². The smallest absolute Gasteiger partial charge is 0.331 e. The van der Waals surface area contributed by atoms with Crippen LogP contribution in [0.3, 0.4) is 0 Å². The highest BCUT2D eigenvalue weighted by molar-refractivity contribution is 5.82. The summed E-state index contributed by atoms with van der Waals surface area (Å²) in [5.74, 6) is 4.69. The molecule has 4 heteroatoms. The molecule has 0 rings (SSSR count). The fraction of sp³-hybridized carbons (Fsp3) is 0.500. The SMILES string of the molecule is CCOC(=O)/C=C\C#CCCC(=O)OCC. The first-order chi connectivity index (χ1) is 7.70. The van der Waals surface area contributed by atoms with E-state index in [4.69, 9.17) is 4.74 Å². The van der Waals surface area contributed by atoms with Gasteiger partial charge in [0.15, 0.2) is 0 Å². The monoisotopic (exact) mass is 224 g/mol. The topological polar surface area (TPSA) is 52.6 Å². The quantitative estimate of drug-likeness (QED) is 0.403. The van der Waals surface area contributed by atoms with E-state index < -0.39 is 5.97 Å². The zero-order chi connectivity index (χ0) is 12.2. The summed E-state index contributed by atoms with van der Waals surface area (Å²) in [4.78, 5) is 21.7. The van der Waals surface area contributed by atoms with Crippen molar-refractivity contribution in [3.8, 4) is 11.8 Å². The number of allylic oxidation sites excluding steroid dienone is 1. The van der Waals surface area contributed by atoms with Crippen molar-refractivity contribution < 1.29 is 19.1 Å². The second-order valence-corrected chi connectivity index (χ2v) is 2.71. The zero-order valence-corrected chi connectivity index (χ0v) is 9.62. The van der Waals surface area contributed by atoms with Gasteiger partial charge in [0.1, 0.15) is 0 Å². The maximum absolute atomic E-state index is 10.9. The number of carbonyl (C=O) groups excluding carboxylic acids is 2. The second kappa shape index (κ2) is 9.78. The lowest BCUT2D eigenvalue weighted by atomic mass is 10.3. The molecule has 0 fully saturated rings. The van der Waals surface area contributed by atoms with Gasteiger partial charge in [0, 0.05) is 12.5 Å². The van der Waals surface area contributed by atoms with Crippen LogP contribution in [0.2, 0.25) is 0 Å². The standard InChI is InChI=1S/C12H16O4/c1-3-15-11(13)9-7-5-6-8-10-12(14)16-4-2/h7,9H,3-4,8,10H2,1-2H3/b9-7-. The third kappa shape index (κ3) is 8.82. The molecule has 4 nitrogen and oxygen atoms in total. The molecule has 0 amide bonds. The summed E-state index contributed by atoms with van der Waals surface area (Å²) in [6, 6.07) is 0. The summed E-state index contributed by atoms with van der Waals surface area (Å²) < 4.78 is 9.37. The van der Waals surface area contributed by atoms with Crippen molar-refractivity contribution in [1.82, 2.24) is 0 Å². The number of ether oxygens (including phenoxy) is 2. The van der Waals surface area contributed by atoms with Gasteiger partial charge < -0.3 is 9.47 Å². The lowest BCUT2D eigenvalue weighted by Crippen LogP contribution is -2.02. The Hall–Kier alpha value is -1.76. The van der Waals surface area contributed by atoms with E-state index in [1.165, 1.54) is 12.2 Å². The zero-order valence-electron chi connectivity index (χ0n) is 9.62. The van der Waals surface area contributed by atoms with Crippen LogP contribution in [0.1, 0.15) is 26.7 Å². The molecule has 0 atom stereocenters. The summed E-state index contributed by atoms with van der Waals surface area (Å²) in [5, 5.41) is 0. The largest absolute Gasteiger partial charge is 0.466 e. The predicted molar refractivity (Wildman–Crippen MR) is 59.4 cm³/mol. The minimum absolute atomic E-state index is 0.258. The van der Waals surface area contributed by atoms with Gasteiger partial charge in [0.05, 0.1) is 19.6 Å². The lowest BCUT2D eigenvalue weighted by molar-refractivity contribution is -0.143. The van der Waals surface area contributed by atoms with Gasteiger partial charge in [-0.15, -0.1) is 0 Å². The van der Waals surface area contributed by atoms with Gasteiger partial charge in [-0.3, -0.25) is 4.79 Å². The third-order valence-corrected chi connectivity index (χ3v) is 1.45. The molecule has 0 heterocycles. The maximum Gasteiger partial charge on any atom is 0.331 e. The molecule has 88 valence electrons. The number of esters is 2. The van der Waals surface area contributed by atoms with Gasteiger partial charge in [-0.05, 0) is 19.9 Å². The van der Waals surface area contributed by atoms with Gasteiger partial charge in [0.25, 0.3) is 0 Å². The van der Waals surface area contributed by atoms with Crippen LogP contribution in [0, 0.1) is 11.8 Å². The van der Waals surface area contributed by atoms with Crippen LogP contribution in [0.15, 0.2) is 12.2 Å². The highest BCUT2D eigenvalue weighted by Gasteiger charge is 1.97. The van der Waals surface area contributed by atoms with E-state index in [9.17, 15) is 9.59 Å². The van der Waals surface area contributed by atoms with Gasteiger partial charge in [-0.1, -0.05) is 11.8 Å². The van der Waals surface area contributed by atoms with E-state index in [1.54, 1.807) is 13.8 Å². The average Bonchev–Trinajstić information content (AvgIpc) is 2.24. The van der Waals surface area contributed by atoms with Gasteiger partial charge in [-0.2, -0.15) is 0 Å². The number of carbonyl (C=O) groups is 2. The first-order valence-corrected chi connectivity index (χ1v) is 5.18. The minimum atomic E-state index is -0.415. The Morgan fingerprint density at radius 1 is 1.19 bits per heavy atom. The molecule has 0 N–H and O–H groups in total. The van der Waals surface area contributed by atoms with Crippen molar-refractivity contribution in [2.45, 2.75) is 26.7 Å². The molecular weight excluding hydrogens is 208 g/mol. The maximum atomic E-state index is 10.9. The minimum Gasteiger partial charge on any atom is -0.466 e. The van der Waals surface area contributed by atoms with Crippen molar-refractivity contribution in [3.63, 3.8) is 0 Å². The Morgan fingerprint density at radius 3 is 2.50 bits per heavy atom. The van der Waals surface area contributed by atoms with E-state index >= 15 is 0 Å². The van der Waals surface area contributed by atoms with Crippen LogP contribution >= 0.6 is 0 Å². The molecule has 0 spiro atoms. The molecule has 0 radical (unpaired) electrons. The molecule has 0 aromatic heterocycles. The Kier molecular flexibility index (Phi) is 8.71. The van der Waals surface area contributed by atoms with Crippen LogP contribution in [0.5, 0.6) is 0 Å². The molecule has 0 unspecified atom stereocenters. The van der Waals surface area contributed by atoms with E-state index in [2.05, 4.69) is 16.6 Å². The first-order valence-electron chi connectivity index (χ1n) is 5.18. The molecule has 16 heavy (non-hydrogen) atoms. The van der Waals surface area contributed by atoms with Crippen LogP contribution < -0.4 is 0 Å². The van der Waals surface area contributed by atoms with Crippen LogP contribution in [-0.2, 0) is 19.1 Å². The molecule has 0 bridgehead atoms. The summed E-state index contributed by atoms with van der Waals surface area (Å²) in [7, 11) is 0. The fourth-order valence-corrected chi connectivity index (χ4v) is 0.829. The molecule has 0 aromatic rings. The molecular formula is C12H16O4. The molecule has 0 aliphatic carbocycles. The Labute approximate surface area is 95.6 Å². The van der Waals surface area contributed by atoms with Crippen molar-refractivity contribution >= 4 is 11.9 Å². The highest BCUT2D eigenvalue weighted by Crippen LogP contribution is 1.90. The van der Waals surface area contributed by atoms with Gasteiger partial charge in [0.2, 0.25) is 0 Å². The first kappa shape index (κ1) is 14.2. The van der Waals surface area contributed by atoms with Crippen LogP contribution in [-0.4, -0.2) is 25.2 Å². The summed E-state index contributed by atoms with van der Waals surface area (Å²) >= 11 is 0. The predicted octanol–water partition coefficient (Wildman–Crippen LogP) is 1.45. The summed E-state index contributed by atoms with van der Waals surface area (Å²) in [6.45, 7) is 4.22. The highest BCUT2D eigenvalue weighted by atomic mass is 16.5. The average molecular weight is 224 g/mol. The van der Waals surface area contributed by atoms with Crippen LogP contribution in [0.25, 0.3) is 0 Å². The molecule has 0 aromatic carbocycles. The third-order valence-electron chi connectivity index (χ3n) is 1.45. The number of rotatable bonds is 5. The van der Waals surface area contributed by atoms with Crippen molar-refractivity contribution in [3.05, 3.63) is 12.2 Å². The fourth-order valence-electron chi connectivity index (χ4n) is 0.829.